The molecule has 0 radical (unpaired) electrons. The van der Waals surface area contributed by atoms with Crippen molar-refractivity contribution in [2.45, 2.75) is 39.1 Å². The third kappa shape index (κ3) is 2.41. The highest BCUT2D eigenvalue weighted by molar-refractivity contribution is 6.06. The number of aryl methyl sites for hydroxylation is 1. The first-order chi connectivity index (χ1) is 9.56. The van der Waals surface area contributed by atoms with Gasteiger partial charge in [0.05, 0.1) is 12.2 Å². The van der Waals surface area contributed by atoms with E-state index in [4.69, 9.17) is 13.9 Å². The molecule has 2 saturated heterocycles. The Hall–Kier alpha value is -1.88. The first kappa shape index (κ1) is 13.1. The van der Waals surface area contributed by atoms with E-state index in [0.717, 1.165) is 5.56 Å². The molecule has 0 aromatic carbocycles. The van der Waals surface area contributed by atoms with Crippen LogP contribution in [0.25, 0.3) is 0 Å². The molecule has 2 fully saturated rings. The number of Topliss-reactive ketones (excluding diaryl/α,β-unsaturated/α-hetero) is 1. The van der Waals surface area contributed by atoms with Gasteiger partial charge in [-0.1, -0.05) is 6.08 Å². The van der Waals surface area contributed by atoms with E-state index in [0.29, 0.717) is 24.2 Å². The summed E-state index contributed by atoms with van der Waals surface area (Å²) in [5, 5.41) is 0. The van der Waals surface area contributed by atoms with Crippen molar-refractivity contribution < 1.29 is 23.5 Å². The second-order valence-corrected chi connectivity index (χ2v) is 5.29. The van der Waals surface area contributed by atoms with E-state index in [2.05, 4.69) is 0 Å². The lowest BCUT2D eigenvalue weighted by atomic mass is 9.99. The number of esters is 1. The summed E-state index contributed by atoms with van der Waals surface area (Å²) in [6.45, 7) is 3.63. The zero-order valence-corrected chi connectivity index (χ0v) is 11.4. The van der Waals surface area contributed by atoms with Crippen LogP contribution in [0.15, 0.2) is 28.4 Å². The minimum atomic E-state index is -0.315. The maximum absolute atomic E-state index is 12.0. The Balaban J connectivity index is 1.56. The Bertz CT molecular complexity index is 583. The van der Waals surface area contributed by atoms with Gasteiger partial charge >= 0.3 is 5.97 Å². The largest absolute Gasteiger partial charge is 0.461 e. The highest BCUT2D eigenvalue weighted by Gasteiger charge is 2.57. The summed E-state index contributed by atoms with van der Waals surface area (Å²) < 4.78 is 15.3. The summed E-state index contributed by atoms with van der Waals surface area (Å²) >= 11 is 0. The van der Waals surface area contributed by atoms with Gasteiger partial charge in [-0.2, -0.15) is 0 Å². The average molecular weight is 276 g/mol. The van der Waals surface area contributed by atoms with E-state index in [-0.39, 0.29) is 30.1 Å². The molecule has 0 aliphatic carbocycles. The number of carbonyl (C=O) groups excluding carboxylic acids is 2. The van der Waals surface area contributed by atoms with Crippen molar-refractivity contribution in [2.24, 2.45) is 5.92 Å². The lowest BCUT2D eigenvalue weighted by molar-refractivity contribution is -0.151. The van der Waals surface area contributed by atoms with Crippen molar-refractivity contribution in [3.8, 4) is 0 Å². The van der Waals surface area contributed by atoms with Crippen LogP contribution in [0.2, 0.25) is 0 Å². The maximum Gasteiger partial charge on any atom is 0.314 e. The summed E-state index contributed by atoms with van der Waals surface area (Å²) in [6, 6.07) is 1.72. The molecule has 1 aromatic rings. The molecule has 3 atom stereocenters. The quantitative estimate of drug-likeness (QED) is 0.357. The molecular weight excluding hydrogens is 260 g/mol. The molecule has 106 valence electrons. The SMILES string of the molecule is CC(=CCCC1C(=O)OC2OC21)C(=O)c1cc(C)co1. The average Bonchev–Trinajstić information content (AvgIpc) is 2.90. The minimum Gasteiger partial charge on any atom is -0.461 e. The van der Waals surface area contributed by atoms with Gasteiger partial charge in [-0.3, -0.25) is 9.59 Å². The fraction of sp³-hybridized carbons (Fsp3) is 0.467. The Morgan fingerprint density at radius 1 is 1.45 bits per heavy atom. The summed E-state index contributed by atoms with van der Waals surface area (Å²) in [5.41, 5.74) is 1.55. The van der Waals surface area contributed by atoms with Gasteiger partial charge in [-0.25, -0.2) is 0 Å². The number of carbonyl (C=O) groups is 2. The second kappa shape index (κ2) is 4.90. The van der Waals surface area contributed by atoms with Crippen LogP contribution in [-0.2, 0) is 14.3 Å². The van der Waals surface area contributed by atoms with Crippen molar-refractivity contribution in [2.75, 3.05) is 0 Å². The number of ether oxygens (including phenoxy) is 2. The van der Waals surface area contributed by atoms with Gasteiger partial charge in [0.25, 0.3) is 0 Å². The third-order valence-corrected chi connectivity index (χ3v) is 3.66. The topological polar surface area (TPSA) is 69.0 Å². The smallest absolute Gasteiger partial charge is 0.314 e. The summed E-state index contributed by atoms with van der Waals surface area (Å²) in [4.78, 5) is 23.5. The summed E-state index contributed by atoms with van der Waals surface area (Å²) in [6.07, 6.45) is 4.29. The molecule has 5 heteroatoms. The standard InChI is InChI=1S/C15H16O5/c1-8-6-11(18-7-8)12(16)9(2)4-3-5-10-13-15(19-13)20-14(10)17/h4,6-7,10,13,15H,3,5H2,1-2H3. The Kier molecular flexibility index (Phi) is 3.22. The predicted octanol–water partition coefficient (Wildman–Crippen LogP) is 2.40. The minimum absolute atomic E-state index is 0.0698. The molecular formula is C15H16O5. The molecule has 2 aliphatic heterocycles. The number of epoxide rings is 1. The first-order valence-electron chi connectivity index (χ1n) is 6.69. The number of rotatable bonds is 5. The molecule has 0 spiro atoms. The van der Waals surface area contributed by atoms with Crippen LogP contribution in [0.1, 0.15) is 35.9 Å². The van der Waals surface area contributed by atoms with Gasteiger partial charge in [0.15, 0.2) is 5.76 Å². The van der Waals surface area contributed by atoms with Crippen molar-refractivity contribution in [1.29, 1.82) is 0 Å². The Morgan fingerprint density at radius 3 is 2.85 bits per heavy atom. The molecule has 0 N–H and O–H groups in total. The van der Waals surface area contributed by atoms with Crippen LogP contribution in [-0.4, -0.2) is 24.1 Å². The van der Waals surface area contributed by atoms with Crippen molar-refractivity contribution in [1.82, 2.24) is 0 Å². The molecule has 3 rings (SSSR count). The van der Waals surface area contributed by atoms with Crippen molar-refractivity contribution in [3.05, 3.63) is 35.3 Å². The molecule has 3 heterocycles. The zero-order chi connectivity index (χ0) is 14.3. The number of allylic oxidation sites excluding steroid dienone is 2. The van der Waals surface area contributed by atoms with Gasteiger partial charge in [0.1, 0.15) is 6.10 Å². The number of furan rings is 1. The van der Waals surface area contributed by atoms with Crippen LogP contribution in [0.3, 0.4) is 0 Å². The van der Waals surface area contributed by atoms with Gasteiger partial charge in [0.2, 0.25) is 12.1 Å². The van der Waals surface area contributed by atoms with Gasteiger partial charge in [0, 0.05) is 0 Å². The van der Waals surface area contributed by atoms with Crippen LogP contribution in [0, 0.1) is 12.8 Å². The van der Waals surface area contributed by atoms with E-state index >= 15 is 0 Å². The van der Waals surface area contributed by atoms with Gasteiger partial charge < -0.3 is 13.9 Å². The van der Waals surface area contributed by atoms with Crippen LogP contribution in [0.5, 0.6) is 0 Å². The summed E-state index contributed by atoms with van der Waals surface area (Å²) in [5.74, 6) is -0.148. The Labute approximate surface area is 116 Å². The maximum atomic E-state index is 12.0. The Morgan fingerprint density at radius 2 is 2.25 bits per heavy atom. The van der Waals surface area contributed by atoms with Gasteiger partial charge in [-0.05, 0) is 43.9 Å². The lowest BCUT2D eigenvalue weighted by Gasteiger charge is -2.05. The molecule has 0 saturated carbocycles. The van der Waals surface area contributed by atoms with Crippen LogP contribution >= 0.6 is 0 Å². The molecule has 0 amide bonds. The normalized spacial score (nSPS) is 28.2. The van der Waals surface area contributed by atoms with Crippen LogP contribution in [0.4, 0.5) is 0 Å². The predicted molar refractivity (Wildman–Crippen MR) is 69.0 cm³/mol. The number of ketones is 1. The molecule has 3 unspecified atom stereocenters. The fourth-order valence-electron chi connectivity index (χ4n) is 2.42. The third-order valence-electron chi connectivity index (χ3n) is 3.66. The lowest BCUT2D eigenvalue weighted by Crippen LogP contribution is -2.15. The van der Waals surface area contributed by atoms with Crippen molar-refractivity contribution >= 4 is 11.8 Å². The highest BCUT2D eigenvalue weighted by Crippen LogP contribution is 2.40. The van der Waals surface area contributed by atoms with Crippen molar-refractivity contribution in [3.63, 3.8) is 0 Å². The molecule has 5 nitrogen and oxygen atoms in total. The number of hydrogen-bond acceptors (Lipinski definition) is 5. The molecule has 2 aliphatic rings. The molecule has 0 bridgehead atoms. The van der Waals surface area contributed by atoms with E-state index in [1.165, 1.54) is 0 Å². The zero-order valence-electron chi connectivity index (χ0n) is 11.4. The van der Waals surface area contributed by atoms with Gasteiger partial charge in [-0.15, -0.1) is 0 Å². The number of hydrogen-bond donors (Lipinski definition) is 0. The number of fused-ring (bicyclic) bond motifs is 1. The fourth-order valence-corrected chi connectivity index (χ4v) is 2.42. The molecule has 20 heavy (non-hydrogen) atoms. The van der Waals surface area contributed by atoms with E-state index in [9.17, 15) is 9.59 Å². The van der Waals surface area contributed by atoms with E-state index in [1.54, 1.807) is 19.3 Å². The first-order valence-corrected chi connectivity index (χ1v) is 6.69. The summed E-state index contributed by atoms with van der Waals surface area (Å²) in [7, 11) is 0. The second-order valence-electron chi connectivity index (χ2n) is 5.29. The van der Waals surface area contributed by atoms with E-state index < -0.39 is 0 Å². The van der Waals surface area contributed by atoms with E-state index in [1.807, 2.05) is 13.0 Å². The highest BCUT2D eigenvalue weighted by atomic mass is 16.8. The van der Waals surface area contributed by atoms with Crippen LogP contribution < -0.4 is 0 Å². The molecule has 1 aromatic heterocycles. The monoisotopic (exact) mass is 276 g/mol.